The third-order valence-corrected chi connectivity index (χ3v) is 5.23. The minimum atomic E-state index is -0.107. The first-order valence-corrected chi connectivity index (χ1v) is 9.25. The highest BCUT2D eigenvalue weighted by Crippen LogP contribution is 2.33. The van der Waals surface area contributed by atoms with Crippen molar-refractivity contribution in [2.75, 3.05) is 0 Å². The zero-order valence-electron chi connectivity index (χ0n) is 14.8. The van der Waals surface area contributed by atoms with Crippen molar-refractivity contribution in [3.63, 3.8) is 0 Å². The average Bonchev–Trinajstić information content (AvgIpc) is 3.27. The summed E-state index contributed by atoms with van der Waals surface area (Å²) >= 11 is 0. The Morgan fingerprint density at radius 3 is 2.77 bits per heavy atom. The third-order valence-electron chi connectivity index (χ3n) is 5.23. The van der Waals surface area contributed by atoms with Crippen LogP contribution in [0, 0.1) is 0 Å². The lowest BCUT2D eigenvalue weighted by molar-refractivity contribution is -0.122. The Morgan fingerprint density at radius 1 is 1.08 bits per heavy atom. The van der Waals surface area contributed by atoms with E-state index in [1.807, 2.05) is 36.5 Å². The number of carbonyl (C=O) groups excluding carboxylic acids is 2. The van der Waals surface area contributed by atoms with Crippen LogP contribution in [0.3, 0.4) is 0 Å². The number of hydrogen-bond donors (Lipinski definition) is 1. The van der Waals surface area contributed by atoms with E-state index in [0.29, 0.717) is 18.5 Å². The molecule has 4 heteroatoms. The van der Waals surface area contributed by atoms with Crippen LogP contribution in [0.2, 0.25) is 0 Å². The van der Waals surface area contributed by atoms with E-state index in [0.717, 1.165) is 42.4 Å². The van der Waals surface area contributed by atoms with Crippen LogP contribution in [0.4, 0.5) is 0 Å². The van der Waals surface area contributed by atoms with E-state index in [2.05, 4.69) is 16.4 Å². The van der Waals surface area contributed by atoms with Crippen molar-refractivity contribution in [1.82, 2.24) is 10.3 Å². The number of benzene rings is 1. The van der Waals surface area contributed by atoms with Gasteiger partial charge >= 0.3 is 0 Å². The Kier molecular flexibility index (Phi) is 4.65. The van der Waals surface area contributed by atoms with Gasteiger partial charge in [-0.25, -0.2) is 0 Å². The Bertz CT molecular complexity index is 884. The zero-order chi connectivity index (χ0) is 17.9. The van der Waals surface area contributed by atoms with Crippen LogP contribution in [-0.2, 0) is 29.0 Å². The summed E-state index contributed by atoms with van der Waals surface area (Å²) in [6, 6.07) is 12.0. The molecule has 2 aromatic rings. The molecule has 0 radical (unpaired) electrons. The molecule has 132 valence electrons. The summed E-state index contributed by atoms with van der Waals surface area (Å²) in [4.78, 5) is 29.1. The van der Waals surface area contributed by atoms with Gasteiger partial charge in [0.05, 0.1) is 6.42 Å². The van der Waals surface area contributed by atoms with Gasteiger partial charge < -0.3 is 5.32 Å². The van der Waals surface area contributed by atoms with Crippen molar-refractivity contribution >= 4 is 17.3 Å². The summed E-state index contributed by atoms with van der Waals surface area (Å²) in [5, 5.41) is 2.94. The van der Waals surface area contributed by atoms with Crippen LogP contribution in [-0.4, -0.2) is 16.7 Å². The summed E-state index contributed by atoms with van der Waals surface area (Å²) in [5.74, 6) is -0.0117. The SMILES string of the molecule is O=C(CC1=C(c2ccccc2)CCC1=O)NCc1cnc2c(c1)CCC2. The molecule has 0 spiro atoms. The molecule has 4 nitrogen and oxygen atoms in total. The fourth-order valence-electron chi connectivity index (χ4n) is 3.87. The van der Waals surface area contributed by atoms with Gasteiger partial charge in [-0.15, -0.1) is 0 Å². The van der Waals surface area contributed by atoms with Gasteiger partial charge in [0.2, 0.25) is 5.91 Å². The number of aromatic nitrogens is 1. The fraction of sp³-hybridized carbons (Fsp3) is 0.318. The van der Waals surface area contributed by atoms with Crippen LogP contribution >= 0.6 is 0 Å². The van der Waals surface area contributed by atoms with E-state index < -0.39 is 0 Å². The molecule has 4 rings (SSSR count). The molecular formula is C22H22N2O2. The third kappa shape index (κ3) is 3.45. The standard InChI is InChI=1S/C22H22N2O2/c25-21-10-9-18(16-5-2-1-3-6-16)19(21)12-22(26)24-14-15-11-17-7-4-8-20(17)23-13-15/h1-3,5-6,11,13H,4,7-10,12,14H2,(H,24,26). The zero-order valence-corrected chi connectivity index (χ0v) is 14.8. The molecule has 1 aromatic heterocycles. The van der Waals surface area contributed by atoms with Crippen molar-refractivity contribution in [2.45, 2.75) is 45.1 Å². The second kappa shape index (κ2) is 7.24. The van der Waals surface area contributed by atoms with Crippen LogP contribution in [0.5, 0.6) is 0 Å². The maximum Gasteiger partial charge on any atom is 0.224 e. The number of hydrogen-bond acceptors (Lipinski definition) is 3. The number of aryl methyl sites for hydroxylation is 2. The number of fused-ring (bicyclic) bond motifs is 1. The lowest BCUT2D eigenvalue weighted by Gasteiger charge is -2.09. The van der Waals surface area contributed by atoms with E-state index in [-0.39, 0.29) is 18.1 Å². The summed E-state index contributed by atoms with van der Waals surface area (Å²) in [7, 11) is 0. The van der Waals surface area contributed by atoms with Crippen molar-refractivity contribution in [3.05, 3.63) is 70.6 Å². The molecule has 0 fully saturated rings. The summed E-state index contributed by atoms with van der Waals surface area (Å²) in [5.41, 5.74) is 6.25. The predicted octanol–water partition coefficient (Wildman–Crippen LogP) is 3.39. The Balaban J connectivity index is 1.43. The first-order valence-electron chi connectivity index (χ1n) is 9.25. The predicted molar refractivity (Wildman–Crippen MR) is 100 cm³/mol. The Labute approximate surface area is 153 Å². The molecule has 0 saturated carbocycles. The molecule has 1 aromatic carbocycles. The van der Waals surface area contributed by atoms with E-state index in [1.54, 1.807) is 0 Å². The highest BCUT2D eigenvalue weighted by atomic mass is 16.2. The summed E-state index contributed by atoms with van der Waals surface area (Å²) in [6.45, 7) is 0.460. The molecule has 26 heavy (non-hydrogen) atoms. The second-order valence-corrected chi connectivity index (χ2v) is 7.00. The fourth-order valence-corrected chi connectivity index (χ4v) is 3.87. The Hall–Kier alpha value is -2.75. The Morgan fingerprint density at radius 2 is 1.92 bits per heavy atom. The number of rotatable bonds is 5. The van der Waals surface area contributed by atoms with Crippen molar-refractivity contribution in [1.29, 1.82) is 0 Å². The lowest BCUT2D eigenvalue weighted by atomic mass is 10.00. The number of Topliss-reactive ketones (excluding diaryl/α,β-unsaturated/α-hetero) is 1. The van der Waals surface area contributed by atoms with Gasteiger partial charge in [-0.3, -0.25) is 14.6 Å². The minimum Gasteiger partial charge on any atom is -0.352 e. The van der Waals surface area contributed by atoms with E-state index in [9.17, 15) is 9.59 Å². The first kappa shape index (κ1) is 16.7. The number of nitrogens with one attached hydrogen (secondary N) is 1. The van der Waals surface area contributed by atoms with Gasteiger partial charge in [-0.1, -0.05) is 36.4 Å². The van der Waals surface area contributed by atoms with Crippen molar-refractivity contribution in [3.8, 4) is 0 Å². The van der Waals surface area contributed by atoms with Gasteiger partial charge in [0.15, 0.2) is 5.78 Å². The molecule has 0 unspecified atom stereocenters. The normalized spacial score (nSPS) is 16.1. The topological polar surface area (TPSA) is 59.1 Å². The number of ketones is 1. The average molecular weight is 346 g/mol. The molecular weight excluding hydrogens is 324 g/mol. The maximum atomic E-state index is 12.4. The number of nitrogens with zero attached hydrogens (tertiary/aromatic N) is 1. The van der Waals surface area contributed by atoms with Gasteiger partial charge in [0.1, 0.15) is 0 Å². The minimum absolute atomic E-state index is 0.0956. The lowest BCUT2D eigenvalue weighted by Crippen LogP contribution is -2.24. The van der Waals surface area contributed by atoms with Gasteiger partial charge in [0.25, 0.3) is 0 Å². The highest BCUT2D eigenvalue weighted by Gasteiger charge is 2.25. The summed E-state index contributed by atoms with van der Waals surface area (Å²) in [6.07, 6.45) is 6.52. The van der Waals surface area contributed by atoms with Crippen LogP contribution in [0.25, 0.3) is 5.57 Å². The van der Waals surface area contributed by atoms with Gasteiger partial charge in [0, 0.05) is 30.4 Å². The number of pyridine rings is 1. The molecule has 0 saturated heterocycles. The number of carbonyl (C=O) groups is 2. The van der Waals surface area contributed by atoms with Crippen molar-refractivity contribution in [2.24, 2.45) is 0 Å². The molecule has 2 aliphatic rings. The molecule has 1 amide bonds. The summed E-state index contributed by atoms with van der Waals surface area (Å²) < 4.78 is 0. The second-order valence-electron chi connectivity index (χ2n) is 7.00. The number of amides is 1. The molecule has 0 bridgehead atoms. The molecule has 0 atom stereocenters. The van der Waals surface area contributed by atoms with Gasteiger partial charge in [-0.05, 0) is 47.9 Å². The van der Waals surface area contributed by atoms with Crippen LogP contribution in [0.1, 0.15) is 48.1 Å². The largest absolute Gasteiger partial charge is 0.352 e. The first-order chi connectivity index (χ1) is 12.7. The molecule has 1 N–H and O–H groups in total. The molecule has 1 heterocycles. The van der Waals surface area contributed by atoms with E-state index in [1.165, 1.54) is 11.3 Å². The highest BCUT2D eigenvalue weighted by molar-refractivity contribution is 6.10. The van der Waals surface area contributed by atoms with E-state index >= 15 is 0 Å². The van der Waals surface area contributed by atoms with Crippen molar-refractivity contribution < 1.29 is 9.59 Å². The van der Waals surface area contributed by atoms with E-state index in [4.69, 9.17) is 0 Å². The van der Waals surface area contributed by atoms with Crippen LogP contribution < -0.4 is 5.32 Å². The molecule has 2 aliphatic carbocycles. The van der Waals surface area contributed by atoms with Crippen LogP contribution in [0.15, 0.2) is 48.2 Å². The quantitative estimate of drug-likeness (QED) is 0.903. The monoisotopic (exact) mass is 346 g/mol. The van der Waals surface area contributed by atoms with Gasteiger partial charge in [-0.2, -0.15) is 0 Å². The molecule has 0 aliphatic heterocycles. The maximum absolute atomic E-state index is 12.4. The smallest absolute Gasteiger partial charge is 0.224 e. The number of allylic oxidation sites excluding steroid dienone is 1.